The summed E-state index contributed by atoms with van der Waals surface area (Å²) in [5.41, 5.74) is 3.08. The smallest absolute Gasteiger partial charge is 0.305 e. The molecule has 0 fully saturated rings. The summed E-state index contributed by atoms with van der Waals surface area (Å²) in [4.78, 5) is 17.4. The summed E-state index contributed by atoms with van der Waals surface area (Å²) in [5.74, 6) is -0.774. The first-order chi connectivity index (χ1) is 9.61. The lowest BCUT2D eigenvalue weighted by Gasteiger charge is -2.21. The van der Waals surface area contributed by atoms with Gasteiger partial charge in [0.1, 0.15) is 0 Å². The van der Waals surface area contributed by atoms with Gasteiger partial charge in [-0.05, 0) is 18.6 Å². The van der Waals surface area contributed by atoms with E-state index in [2.05, 4.69) is 18.0 Å². The SMILES string of the molecule is CCCc1cc(N(C)CCC(=O)O)c2ccccc2n1. The molecule has 0 spiro atoms. The van der Waals surface area contributed by atoms with Gasteiger partial charge in [0.25, 0.3) is 0 Å². The van der Waals surface area contributed by atoms with Gasteiger partial charge in [0.15, 0.2) is 0 Å². The third-order valence-corrected chi connectivity index (χ3v) is 3.33. The number of anilines is 1. The summed E-state index contributed by atoms with van der Waals surface area (Å²) in [6, 6.07) is 10.1. The van der Waals surface area contributed by atoms with Gasteiger partial charge >= 0.3 is 5.97 Å². The number of carbonyl (C=O) groups is 1. The Bertz CT molecular complexity index is 610. The lowest BCUT2D eigenvalue weighted by molar-refractivity contribution is -0.136. The predicted molar refractivity (Wildman–Crippen MR) is 81.3 cm³/mol. The molecule has 2 rings (SSSR count). The van der Waals surface area contributed by atoms with E-state index in [1.165, 1.54) is 0 Å². The molecule has 0 aliphatic heterocycles. The molecule has 0 saturated carbocycles. The minimum absolute atomic E-state index is 0.135. The zero-order chi connectivity index (χ0) is 14.5. The van der Waals surface area contributed by atoms with E-state index in [0.717, 1.165) is 35.1 Å². The van der Waals surface area contributed by atoms with E-state index in [4.69, 9.17) is 5.11 Å². The Morgan fingerprint density at radius 3 is 2.80 bits per heavy atom. The molecule has 0 unspecified atom stereocenters. The number of aryl methyl sites for hydroxylation is 1. The summed E-state index contributed by atoms with van der Waals surface area (Å²) in [6.45, 7) is 2.62. The van der Waals surface area contributed by atoms with E-state index < -0.39 is 5.97 Å². The predicted octanol–water partition coefficient (Wildman–Crippen LogP) is 3.10. The molecule has 1 aromatic carbocycles. The quantitative estimate of drug-likeness (QED) is 0.878. The van der Waals surface area contributed by atoms with E-state index >= 15 is 0 Å². The molecule has 2 aromatic rings. The van der Waals surface area contributed by atoms with E-state index in [-0.39, 0.29) is 6.42 Å². The summed E-state index contributed by atoms with van der Waals surface area (Å²) in [5, 5.41) is 9.89. The summed E-state index contributed by atoms with van der Waals surface area (Å²) in [6.07, 6.45) is 2.12. The van der Waals surface area contributed by atoms with Crippen molar-refractivity contribution in [2.24, 2.45) is 0 Å². The van der Waals surface area contributed by atoms with Crippen LogP contribution in [0.4, 0.5) is 5.69 Å². The molecule has 1 aromatic heterocycles. The standard InChI is InChI=1S/C16H20N2O2/c1-3-6-12-11-15(18(2)10-9-16(19)20)13-7-4-5-8-14(13)17-12/h4-5,7-8,11H,3,6,9-10H2,1-2H3,(H,19,20). The molecule has 0 aliphatic carbocycles. The molecule has 4 nitrogen and oxygen atoms in total. The Labute approximate surface area is 119 Å². The third kappa shape index (κ3) is 3.26. The number of fused-ring (bicyclic) bond motifs is 1. The van der Waals surface area contributed by atoms with Crippen LogP contribution in [0.3, 0.4) is 0 Å². The van der Waals surface area contributed by atoms with Crippen LogP contribution in [-0.4, -0.2) is 29.7 Å². The number of pyridine rings is 1. The summed E-state index contributed by atoms with van der Waals surface area (Å²) >= 11 is 0. The Kier molecular flexibility index (Phi) is 4.56. The molecule has 0 bridgehead atoms. The second-order valence-electron chi connectivity index (χ2n) is 4.97. The number of aliphatic carboxylic acids is 1. The second-order valence-corrected chi connectivity index (χ2v) is 4.97. The van der Waals surface area contributed by atoms with Gasteiger partial charge in [-0.25, -0.2) is 0 Å². The summed E-state index contributed by atoms with van der Waals surface area (Å²) < 4.78 is 0. The van der Waals surface area contributed by atoms with Crippen molar-refractivity contribution in [1.82, 2.24) is 4.98 Å². The number of hydrogen-bond donors (Lipinski definition) is 1. The summed E-state index contributed by atoms with van der Waals surface area (Å²) in [7, 11) is 1.93. The molecular formula is C16H20N2O2. The number of carboxylic acids is 1. The van der Waals surface area contributed by atoms with Crippen molar-refractivity contribution in [1.29, 1.82) is 0 Å². The molecule has 4 heteroatoms. The monoisotopic (exact) mass is 272 g/mol. The fourth-order valence-corrected chi connectivity index (χ4v) is 2.29. The molecule has 0 aliphatic rings. The first-order valence-corrected chi connectivity index (χ1v) is 6.93. The molecule has 0 amide bonds. The van der Waals surface area contributed by atoms with E-state index in [1.54, 1.807) is 0 Å². The minimum Gasteiger partial charge on any atom is -0.481 e. The maximum absolute atomic E-state index is 10.7. The van der Waals surface area contributed by atoms with Crippen LogP contribution in [0.2, 0.25) is 0 Å². The van der Waals surface area contributed by atoms with Crippen molar-refractivity contribution in [3.63, 3.8) is 0 Å². The van der Waals surface area contributed by atoms with Gasteiger partial charge in [-0.3, -0.25) is 9.78 Å². The fraction of sp³-hybridized carbons (Fsp3) is 0.375. The number of carboxylic acid groups (broad SMARTS) is 1. The van der Waals surface area contributed by atoms with Crippen molar-refractivity contribution >= 4 is 22.6 Å². The van der Waals surface area contributed by atoms with Gasteiger partial charge in [-0.15, -0.1) is 0 Å². The molecular weight excluding hydrogens is 252 g/mol. The Morgan fingerprint density at radius 2 is 2.10 bits per heavy atom. The topological polar surface area (TPSA) is 53.4 Å². The number of benzene rings is 1. The van der Waals surface area contributed by atoms with Crippen LogP contribution in [0.1, 0.15) is 25.5 Å². The number of para-hydroxylation sites is 1. The van der Waals surface area contributed by atoms with E-state index in [0.29, 0.717) is 6.54 Å². The molecule has 20 heavy (non-hydrogen) atoms. The average molecular weight is 272 g/mol. The zero-order valence-corrected chi connectivity index (χ0v) is 12.0. The van der Waals surface area contributed by atoms with Gasteiger partial charge in [0.2, 0.25) is 0 Å². The maximum atomic E-state index is 10.7. The third-order valence-electron chi connectivity index (χ3n) is 3.33. The lowest BCUT2D eigenvalue weighted by atomic mass is 10.1. The van der Waals surface area contributed by atoms with Gasteiger partial charge in [-0.1, -0.05) is 31.5 Å². The largest absolute Gasteiger partial charge is 0.481 e. The van der Waals surface area contributed by atoms with Crippen LogP contribution in [-0.2, 0) is 11.2 Å². The normalized spacial score (nSPS) is 10.7. The first kappa shape index (κ1) is 14.3. The zero-order valence-electron chi connectivity index (χ0n) is 12.0. The van der Waals surface area contributed by atoms with Crippen molar-refractivity contribution in [3.8, 4) is 0 Å². The highest BCUT2D eigenvalue weighted by Crippen LogP contribution is 2.26. The molecule has 1 heterocycles. The van der Waals surface area contributed by atoms with Crippen LogP contribution < -0.4 is 4.90 Å². The average Bonchev–Trinajstić information content (AvgIpc) is 2.44. The van der Waals surface area contributed by atoms with E-state index in [9.17, 15) is 4.79 Å². The molecule has 106 valence electrons. The number of nitrogens with zero attached hydrogens (tertiary/aromatic N) is 2. The van der Waals surface area contributed by atoms with Gasteiger partial charge in [0, 0.05) is 30.4 Å². The minimum atomic E-state index is -0.774. The molecule has 0 saturated heterocycles. The van der Waals surface area contributed by atoms with Crippen LogP contribution in [0, 0.1) is 0 Å². The number of hydrogen-bond acceptors (Lipinski definition) is 3. The van der Waals surface area contributed by atoms with Crippen LogP contribution in [0.25, 0.3) is 10.9 Å². The van der Waals surface area contributed by atoms with Gasteiger partial charge in [-0.2, -0.15) is 0 Å². The fourth-order valence-electron chi connectivity index (χ4n) is 2.29. The number of aromatic nitrogens is 1. The van der Waals surface area contributed by atoms with E-state index in [1.807, 2.05) is 36.2 Å². The second kappa shape index (κ2) is 6.37. The van der Waals surface area contributed by atoms with Crippen LogP contribution >= 0.6 is 0 Å². The van der Waals surface area contributed by atoms with Crippen molar-refractivity contribution in [2.75, 3.05) is 18.5 Å². The molecule has 1 N–H and O–H groups in total. The highest BCUT2D eigenvalue weighted by Gasteiger charge is 2.10. The van der Waals surface area contributed by atoms with Crippen molar-refractivity contribution in [3.05, 3.63) is 36.0 Å². The van der Waals surface area contributed by atoms with Crippen molar-refractivity contribution in [2.45, 2.75) is 26.2 Å². The lowest BCUT2D eigenvalue weighted by Crippen LogP contribution is -2.21. The highest BCUT2D eigenvalue weighted by atomic mass is 16.4. The van der Waals surface area contributed by atoms with Gasteiger partial charge < -0.3 is 10.0 Å². The first-order valence-electron chi connectivity index (χ1n) is 6.93. The van der Waals surface area contributed by atoms with Crippen LogP contribution in [0.5, 0.6) is 0 Å². The Morgan fingerprint density at radius 1 is 1.35 bits per heavy atom. The number of rotatable bonds is 6. The van der Waals surface area contributed by atoms with Crippen LogP contribution in [0.15, 0.2) is 30.3 Å². The Balaban J connectivity index is 2.40. The maximum Gasteiger partial charge on any atom is 0.305 e. The molecule has 0 atom stereocenters. The Hall–Kier alpha value is -2.10. The van der Waals surface area contributed by atoms with Gasteiger partial charge in [0.05, 0.1) is 11.9 Å². The van der Waals surface area contributed by atoms with Crippen molar-refractivity contribution < 1.29 is 9.90 Å². The molecule has 0 radical (unpaired) electrons. The highest BCUT2D eigenvalue weighted by molar-refractivity contribution is 5.92.